The van der Waals surface area contributed by atoms with Crippen LogP contribution in [0.15, 0.2) is 24.4 Å². The first-order chi connectivity index (χ1) is 8.67. The Morgan fingerprint density at radius 2 is 2.28 bits per heavy atom. The molecular formula is C12H12ClN3O2. The Morgan fingerprint density at radius 1 is 1.50 bits per heavy atom. The van der Waals surface area contributed by atoms with Crippen molar-refractivity contribution in [2.24, 2.45) is 0 Å². The van der Waals surface area contributed by atoms with E-state index in [1.807, 2.05) is 6.92 Å². The van der Waals surface area contributed by atoms with Gasteiger partial charge in [0, 0.05) is 6.54 Å². The van der Waals surface area contributed by atoms with Gasteiger partial charge < -0.3 is 9.30 Å². The summed E-state index contributed by atoms with van der Waals surface area (Å²) in [6, 6.07) is 5.27. The smallest absolute Gasteiger partial charge is 0.356 e. The molecule has 5 nitrogen and oxygen atoms in total. The lowest BCUT2D eigenvalue weighted by Crippen LogP contribution is -2.10. The lowest BCUT2D eigenvalue weighted by molar-refractivity contribution is 0.0589. The van der Waals surface area contributed by atoms with Gasteiger partial charge in [0.1, 0.15) is 16.5 Å². The van der Waals surface area contributed by atoms with Gasteiger partial charge in [-0.25, -0.2) is 14.8 Å². The fourth-order valence-corrected chi connectivity index (χ4v) is 1.86. The second-order valence-corrected chi connectivity index (χ2v) is 3.94. The summed E-state index contributed by atoms with van der Waals surface area (Å²) in [5.74, 6) is 0.179. The van der Waals surface area contributed by atoms with Crippen LogP contribution in [-0.4, -0.2) is 27.6 Å². The maximum atomic E-state index is 11.6. The van der Waals surface area contributed by atoms with Crippen molar-refractivity contribution in [1.82, 2.24) is 14.5 Å². The third-order valence-electron chi connectivity index (χ3n) is 2.51. The summed E-state index contributed by atoms with van der Waals surface area (Å²) in [4.78, 5) is 20.0. The fourth-order valence-electron chi connectivity index (χ4n) is 1.70. The van der Waals surface area contributed by atoms with Gasteiger partial charge in [0.25, 0.3) is 0 Å². The van der Waals surface area contributed by atoms with E-state index < -0.39 is 5.97 Å². The number of carbonyl (C=O) groups excluding carboxylic acids is 1. The minimum atomic E-state index is -0.419. The third-order valence-corrected chi connectivity index (χ3v) is 2.72. The first-order valence-corrected chi connectivity index (χ1v) is 5.82. The zero-order chi connectivity index (χ0) is 13.1. The van der Waals surface area contributed by atoms with Gasteiger partial charge in [-0.1, -0.05) is 17.7 Å². The van der Waals surface area contributed by atoms with Crippen LogP contribution < -0.4 is 0 Å². The maximum Gasteiger partial charge on any atom is 0.356 e. The zero-order valence-electron chi connectivity index (χ0n) is 10.1. The van der Waals surface area contributed by atoms with Crippen LogP contribution in [0.5, 0.6) is 0 Å². The molecule has 0 radical (unpaired) electrons. The summed E-state index contributed by atoms with van der Waals surface area (Å²) in [6.07, 6.45) is 1.48. The van der Waals surface area contributed by atoms with Crippen molar-refractivity contribution in [2.75, 3.05) is 7.11 Å². The number of aromatic nitrogens is 3. The Labute approximate surface area is 109 Å². The van der Waals surface area contributed by atoms with Gasteiger partial charge >= 0.3 is 5.97 Å². The number of esters is 1. The van der Waals surface area contributed by atoms with Crippen LogP contribution in [0.3, 0.4) is 0 Å². The number of hydrogen-bond acceptors (Lipinski definition) is 4. The molecule has 0 bridgehead atoms. The van der Waals surface area contributed by atoms with E-state index in [1.165, 1.54) is 13.3 Å². The Bertz CT molecular complexity index is 580. The molecule has 94 valence electrons. The largest absolute Gasteiger partial charge is 0.464 e. The van der Waals surface area contributed by atoms with E-state index >= 15 is 0 Å². The summed E-state index contributed by atoms with van der Waals surface area (Å²) >= 11 is 5.85. The highest BCUT2D eigenvalue weighted by molar-refractivity contribution is 6.29. The standard InChI is InChI=1S/C12H12ClN3O2/c1-3-16-9(12(17)18-2)7-14-11(16)8-5-4-6-10(13)15-8/h4-7H,3H2,1-2H3. The summed E-state index contributed by atoms with van der Waals surface area (Å²) < 4.78 is 6.45. The lowest BCUT2D eigenvalue weighted by Gasteiger charge is -2.07. The van der Waals surface area contributed by atoms with E-state index in [1.54, 1.807) is 22.8 Å². The van der Waals surface area contributed by atoms with Crippen molar-refractivity contribution in [3.63, 3.8) is 0 Å². The maximum absolute atomic E-state index is 11.6. The molecular weight excluding hydrogens is 254 g/mol. The monoisotopic (exact) mass is 265 g/mol. The number of pyridine rings is 1. The summed E-state index contributed by atoms with van der Waals surface area (Å²) in [6.45, 7) is 2.51. The van der Waals surface area contributed by atoms with Gasteiger partial charge in [-0.15, -0.1) is 0 Å². The van der Waals surface area contributed by atoms with Crippen molar-refractivity contribution < 1.29 is 9.53 Å². The highest BCUT2D eigenvalue weighted by atomic mass is 35.5. The molecule has 0 aliphatic carbocycles. The van der Waals surface area contributed by atoms with E-state index in [4.69, 9.17) is 16.3 Å². The number of carbonyl (C=O) groups is 1. The highest BCUT2D eigenvalue weighted by Crippen LogP contribution is 2.20. The zero-order valence-corrected chi connectivity index (χ0v) is 10.8. The van der Waals surface area contributed by atoms with Crippen LogP contribution in [-0.2, 0) is 11.3 Å². The summed E-state index contributed by atoms with van der Waals surface area (Å²) in [5, 5.41) is 0.387. The summed E-state index contributed by atoms with van der Waals surface area (Å²) in [7, 11) is 1.34. The molecule has 0 N–H and O–H groups in total. The summed E-state index contributed by atoms with van der Waals surface area (Å²) in [5.41, 5.74) is 1.02. The normalized spacial score (nSPS) is 10.4. The number of ether oxygens (including phenoxy) is 1. The van der Waals surface area contributed by atoms with Crippen LogP contribution in [0.1, 0.15) is 17.4 Å². The minimum absolute atomic E-state index is 0.387. The molecule has 0 amide bonds. The Balaban J connectivity index is 2.52. The van der Waals surface area contributed by atoms with E-state index in [0.717, 1.165) is 0 Å². The van der Waals surface area contributed by atoms with Crippen molar-refractivity contribution in [1.29, 1.82) is 0 Å². The SMILES string of the molecule is CCn1c(C(=O)OC)cnc1-c1cccc(Cl)n1. The molecule has 0 saturated heterocycles. The third kappa shape index (κ3) is 2.22. The molecule has 2 rings (SSSR count). The molecule has 0 atom stereocenters. The predicted octanol–water partition coefficient (Wildman–Crippen LogP) is 2.41. The molecule has 2 aromatic rings. The van der Waals surface area contributed by atoms with Gasteiger partial charge in [-0.2, -0.15) is 0 Å². The number of nitrogens with zero attached hydrogens (tertiary/aromatic N) is 3. The lowest BCUT2D eigenvalue weighted by atomic mass is 10.3. The van der Waals surface area contributed by atoms with Gasteiger partial charge in [0.2, 0.25) is 0 Å². The van der Waals surface area contributed by atoms with E-state index in [9.17, 15) is 4.79 Å². The van der Waals surface area contributed by atoms with Gasteiger partial charge in [0.15, 0.2) is 5.82 Å². The van der Waals surface area contributed by atoms with Gasteiger partial charge in [0.05, 0.1) is 13.3 Å². The van der Waals surface area contributed by atoms with E-state index in [2.05, 4.69) is 9.97 Å². The molecule has 2 aromatic heterocycles. The first kappa shape index (κ1) is 12.6. The van der Waals surface area contributed by atoms with Gasteiger partial charge in [-0.05, 0) is 19.1 Å². The molecule has 0 spiro atoms. The first-order valence-electron chi connectivity index (χ1n) is 5.44. The number of imidazole rings is 1. The Morgan fingerprint density at radius 3 is 2.89 bits per heavy atom. The highest BCUT2D eigenvalue weighted by Gasteiger charge is 2.17. The van der Waals surface area contributed by atoms with Crippen LogP contribution in [0.4, 0.5) is 0 Å². The average Bonchev–Trinajstić information content (AvgIpc) is 2.81. The van der Waals surface area contributed by atoms with Crippen LogP contribution in [0.25, 0.3) is 11.5 Å². The van der Waals surface area contributed by atoms with Crippen molar-refractivity contribution in [2.45, 2.75) is 13.5 Å². The molecule has 0 saturated carbocycles. The van der Waals surface area contributed by atoms with Crippen LogP contribution in [0.2, 0.25) is 5.15 Å². The van der Waals surface area contributed by atoms with Crippen LogP contribution >= 0.6 is 11.6 Å². The second-order valence-electron chi connectivity index (χ2n) is 3.55. The number of halogens is 1. The fraction of sp³-hybridized carbons (Fsp3) is 0.250. The molecule has 18 heavy (non-hydrogen) atoms. The van der Waals surface area contributed by atoms with Crippen LogP contribution in [0, 0.1) is 0 Å². The Kier molecular flexibility index (Phi) is 3.62. The Hall–Kier alpha value is -1.88. The molecule has 6 heteroatoms. The molecule has 0 aromatic carbocycles. The predicted molar refractivity (Wildman–Crippen MR) is 67.5 cm³/mol. The van der Waals surface area contributed by atoms with Gasteiger partial charge in [-0.3, -0.25) is 0 Å². The molecule has 0 unspecified atom stereocenters. The van der Waals surface area contributed by atoms with Crippen molar-refractivity contribution in [3.8, 4) is 11.5 Å². The minimum Gasteiger partial charge on any atom is -0.464 e. The van der Waals surface area contributed by atoms with Crippen molar-refractivity contribution >= 4 is 17.6 Å². The van der Waals surface area contributed by atoms with E-state index in [0.29, 0.717) is 28.9 Å². The molecule has 0 aliphatic rings. The molecule has 2 heterocycles. The number of methoxy groups -OCH3 is 1. The van der Waals surface area contributed by atoms with E-state index in [-0.39, 0.29) is 0 Å². The number of hydrogen-bond donors (Lipinski definition) is 0. The van der Waals surface area contributed by atoms with Crippen molar-refractivity contribution in [3.05, 3.63) is 35.2 Å². The molecule has 0 aliphatic heterocycles. The quantitative estimate of drug-likeness (QED) is 0.632. The average molecular weight is 266 g/mol. The molecule has 0 fully saturated rings. The topological polar surface area (TPSA) is 57.0 Å². The number of rotatable bonds is 3. The second kappa shape index (κ2) is 5.18.